The molecule has 1 aromatic carbocycles. The zero-order chi connectivity index (χ0) is 15.2. The summed E-state index contributed by atoms with van der Waals surface area (Å²) in [6, 6.07) is 4.46. The summed E-state index contributed by atoms with van der Waals surface area (Å²) in [6.07, 6.45) is 3.53. The Morgan fingerprint density at radius 3 is 2.62 bits per heavy atom. The zero-order valence-corrected chi connectivity index (χ0v) is 11.7. The summed E-state index contributed by atoms with van der Waals surface area (Å²) < 4.78 is 1.57. The van der Waals surface area contributed by atoms with Crippen molar-refractivity contribution in [3.05, 3.63) is 44.5 Å². The van der Waals surface area contributed by atoms with Crippen molar-refractivity contribution in [1.82, 2.24) is 9.55 Å². The molecule has 6 nitrogen and oxygen atoms in total. The van der Waals surface area contributed by atoms with Gasteiger partial charge in [0, 0.05) is 5.54 Å². The molecule has 0 amide bonds. The lowest BCUT2D eigenvalue weighted by atomic mass is 9.74. The number of hydrogen-bond acceptors (Lipinski definition) is 3. The van der Waals surface area contributed by atoms with Crippen molar-refractivity contribution in [2.75, 3.05) is 0 Å². The van der Waals surface area contributed by atoms with Crippen LogP contribution in [0, 0.1) is 0 Å². The van der Waals surface area contributed by atoms with Gasteiger partial charge < -0.3 is 10.1 Å². The molecule has 0 spiro atoms. The fourth-order valence-electron chi connectivity index (χ4n) is 3.14. The second-order valence-corrected chi connectivity index (χ2v) is 5.56. The number of rotatable bonds is 3. The van der Waals surface area contributed by atoms with Crippen LogP contribution in [0.25, 0.3) is 11.0 Å². The van der Waals surface area contributed by atoms with E-state index in [0.29, 0.717) is 11.0 Å². The Kier molecular flexibility index (Phi) is 2.97. The maximum absolute atomic E-state index is 12.3. The molecule has 0 atom stereocenters. The van der Waals surface area contributed by atoms with Crippen molar-refractivity contribution < 1.29 is 9.90 Å². The molecule has 110 valence electrons. The van der Waals surface area contributed by atoms with Crippen molar-refractivity contribution in [3.63, 3.8) is 0 Å². The Morgan fingerprint density at radius 1 is 1.38 bits per heavy atom. The first-order valence-electron chi connectivity index (χ1n) is 7.01. The van der Waals surface area contributed by atoms with Gasteiger partial charge >= 0.3 is 17.1 Å². The minimum atomic E-state index is -1.07. The molecule has 21 heavy (non-hydrogen) atoms. The topological polar surface area (TPSA) is 92.2 Å². The van der Waals surface area contributed by atoms with Crippen LogP contribution in [0.15, 0.2) is 27.8 Å². The highest BCUT2D eigenvalue weighted by Gasteiger charge is 2.39. The molecule has 0 bridgehead atoms. The number of carbonyl (C=O) groups is 1. The van der Waals surface area contributed by atoms with Crippen LogP contribution in [0.2, 0.25) is 0 Å². The van der Waals surface area contributed by atoms with Gasteiger partial charge in [0.1, 0.15) is 0 Å². The molecule has 1 aliphatic carbocycles. The normalized spacial score (nSPS) is 16.6. The largest absolute Gasteiger partial charge is 0.478 e. The molecule has 0 unspecified atom stereocenters. The first-order chi connectivity index (χ1) is 9.98. The number of H-pyrrole nitrogens is 1. The minimum absolute atomic E-state index is 0.0857. The molecular formula is C15H16N2O4. The van der Waals surface area contributed by atoms with Crippen LogP contribution in [0.1, 0.15) is 43.0 Å². The van der Waals surface area contributed by atoms with Crippen LogP contribution in [0.5, 0.6) is 0 Å². The van der Waals surface area contributed by atoms with E-state index in [-0.39, 0.29) is 11.1 Å². The van der Waals surface area contributed by atoms with Gasteiger partial charge in [-0.15, -0.1) is 0 Å². The van der Waals surface area contributed by atoms with E-state index in [1.807, 2.05) is 6.92 Å². The van der Waals surface area contributed by atoms with Gasteiger partial charge in [-0.2, -0.15) is 0 Å². The van der Waals surface area contributed by atoms with Crippen molar-refractivity contribution in [2.45, 2.75) is 38.1 Å². The van der Waals surface area contributed by atoms with Crippen molar-refractivity contribution in [1.29, 1.82) is 0 Å². The predicted octanol–water partition coefficient (Wildman–Crippen LogP) is 1.68. The molecule has 0 radical (unpaired) electrons. The van der Waals surface area contributed by atoms with Gasteiger partial charge in [0.2, 0.25) is 0 Å². The SMILES string of the molecule is CCC1(n2c(=O)c(=O)[nH]c3cc(C(=O)O)ccc32)CCC1. The molecule has 2 aromatic rings. The van der Waals surface area contributed by atoms with Gasteiger partial charge in [0.25, 0.3) is 0 Å². The summed E-state index contributed by atoms with van der Waals surface area (Å²) in [5, 5.41) is 9.04. The van der Waals surface area contributed by atoms with E-state index in [2.05, 4.69) is 4.98 Å². The third-order valence-electron chi connectivity index (χ3n) is 4.55. The molecule has 6 heteroatoms. The van der Waals surface area contributed by atoms with Crippen molar-refractivity contribution >= 4 is 17.0 Å². The summed E-state index contributed by atoms with van der Waals surface area (Å²) >= 11 is 0. The Labute approximate surface area is 120 Å². The Bertz CT molecular complexity index is 837. The molecule has 0 saturated heterocycles. The van der Waals surface area contributed by atoms with Gasteiger partial charge in [-0.1, -0.05) is 6.92 Å². The average Bonchev–Trinajstić information content (AvgIpc) is 2.41. The highest BCUT2D eigenvalue weighted by Crippen LogP contribution is 2.42. The quantitative estimate of drug-likeness (QED) is 0.840. The maximum atomic E-state index is 12.3. The van der Waals surface area contributed by atoms with Gasteiger partial charge in [0.15, 0.2) is 0 Å². The number of benzene rings is 1. The summed E-state index contributed by atoms with van der Waals surface area (Å²) in [5.41, 5.74) is -0.515. The summed E-state index contributed by atoms with van der Waals surface area (Å²) in [5.74, 6) is -1.07. The lowest BCUT2D eigenvalue weighted by Crippen LogP contribution is -2.50. The first-order valence-corrected chi connectivity index (χ1v) is 7.01. The lowest BCUT2D eigenvalue weighted by molar-refractivity contribution is 0.0697. The molecule has 0 aliphatic heterocycles. The maximum Gasteiger partial charge on any atom is 0.335 e. The Morgan fingerprint density at radius 2 is 2.10 bits per heavy atom. The number of aromatic nitrogens is 2. The summed E-state index contributed by atoms with van der Waals surface area (Å²) in [7, 11) is 0. The molecule has 3 rings (SSSR count). The standard InChI is InChI=1S/C15H16N2O4/c1-2-15(6-3-7-15)17-11-5-4-9(14(20)21)8-10(11)16-12(18)13(17)19/h4-5,8H,2-3,6-7H2,1H3,(H,16,18)(H,20,21). The third-order valence-corrected chi connectivity index (χ3v) is 4.55. The van der Waals surface area contributed by atoms with Gasteiger partial charge in [-0.25, -0.2) is 4.79 Å². The molecular weight excluding hydrogens is 272 g/mol. The fourth-order valence-corrected chi connectivity index (χ4v) is 3.14. The van der Waals surface area contributed by atoms with E-state index < -0.39 is 17.1 Å². The van der Waals surface area contributed by atoms with Crippen LogP contribution < -0.4 is 11.1 Å². The Balaban J connectivity index is 2.38. The molecule has 1 aromatic heterocycles. The third kappa shape index (κ3) is 1.90. The smallest absolute Gasteiger partial charge is 0.335 e. The molecule has 1 fully saturated rings. The number of nitrogens with zero attached hydrogens (tertiary/aromatic N) is 1. The lowest BCUT2D eigenvalue weighted by Gasteiger charge is -2.43. The fraction of sp³-hybridized carbons (Fsp3) is 0.400. The van der Waals surface area contributed by atoms with E-state index in [9.17, 15) is 14.4 Å². The predicted molar refractivity (Wildman–Crippen MR) is 77.9 cm³/mol. The number of aromatic amines is 1. The van der Waals surface area contributed by atoms with E-state index >= 15 is 0 Å². The first kappa shape index (κ1) is 13.6. The van der Waals surface area contributed by atoms with E-state index in [0.717, 1.165) is 25.7 Å². The van der Waals surface area contributed by atoms with Gasteiger partial charge in [0.05, 0.1) is 16.6 Å². The monoisotopic (exact) mass is 288 g/mol. The molecule has 1 aliphatic rings. The zero-order valence-electron chi connectivity index (χ0n) is 11.7. The summed E-state index contributed by atoms with van der Waals surface area (Å²) in [6.45, 7) is 2.00. The van der Waals surface area contributed by atoms with E-state index in [1.165, 1.54) is 12.1 Å². The average molecular weight is 288 g/mol. The highest BCUT2D eigenvalue weighted by atomic mass is 16.4. The van der Waals surface area contributed by atoms with Gasteiger partial charge in [-0.3, -0.25) is 14.2 Å². The van der Waals surface area contributed by atoms with Crippen molar-refractivity contribution in [3.8, 4) is 0 Å². The van der Waals surface area contributed by atoms with Crippen LogP contribution in [-0.2, 0) is 5.54 Å². The van der Waals surface area contributed by atoms with Crippen LogP contribution in [0.3, 0.4) is 0 Å². The summed E-state index contributed by atoms with van der Waals surface area (Å²) in [4.78, 5) is 37.7. The number of aromatic carboxylic acids is 1. The van der Waals surface area contributed by atoms with Crippen LogP contribution in [0.4, 0.5) is 0 Å². The molecule has 1 heterocycles. The number of fused-ring (bicyclic) bond motifs is 1. The van der Waals surface area contributed by atoms with Crippen LogP contribution >= 0.6 is 0 Å². The second kappa shape index (κ2) is 4.58. The highest BCUT2D eigenvalue weighted by molar-refractivity contribution is 5.92. The van der Waals surface area contributed by atoms with Crippen molar-refractivity contribution in [2.24, 2.45) is 0 Å². The second-order valence-electron chi connectivity index (χ2n) is 5.56. The molecule has 1 saturated carbocycles. The number of hydrogen-bond donors (Lipinski definition) is 2. The number of carboxylic acids is 1. The van der Waals surface area contributed by atoms with E-state index in [1.54, 1.807) is 10.6 Å². The Hall–Kier alpha value is -2.37. The number of carboxylic acid groups (broad SMARTS) is 1. The van der Waals surface area contributed by atoms with Crippen LogP contribution in [-0.4, -0.2) is 20.6 Å². The number of nitrogens with one attached hydrogen (secondary N) is 1. The molecule has 2 N–H and O–H groups in total. The van der Waals surface area contributed by atoms with E-state index in [4.69, 9.17) is 5.11 Å². The minimum Gasteiger partial charge on any atom is -0.478 e. The van der Waals surface area contributed by atoms with Gasteiger partial charge in [-0.05, 0) is 43.9 Å².